The number of amides is 1. The summed E-state index contributed by atoms with van der Waals surface area (Å²) in [5.41, 5.74) is 3.84. The number of carbonyl (C=O) groups excluding carboxylic acids is 1. The van der Waals surface area contributed by atoms with Crippen LogP contribution in [0.3, 0.4) is 0 Å². The molecule has 0 aliphatic rings. The minimum atomic E-state index is -0.128. The topological polar surface area (TPSA) is 59.8 Å². The third-order valence-corrected chi connectivity index (χ3v) is 5.51. The van der Waals surface area contributed by atoms with Crippen LogP contribution in [-0.2, 0) is 6.42 Å². The number of para-hydroxylation sites is 1. The Labute approximate surface area is 151 Å². The zero-order valence-corrected chi connectivity index (χ0v) is 15.7. The van der Waals surface area contributed by atoms with Crippen LogP contribution in [0.5, 0.6) is 0 Å². The quantitative estimate of drug-likeness (QED) is 0.753. The third-order valence-electron chi connectivity index (χ3n) is 4.21. The van der Waals surface area contributed by atoms with E-state index >= 15 is 0 Å². The van der Waals surface area contributed by atoms with Crippen LogP contribution >= 0.6 is 11.3 Å². The van der Waals surface area contributed by atoms with E-state index in [-0.39, 0.29) is 11.9 Å². The van der Waals surface area contributed by atoms with E-state index in [0.29, 0.717) is 4.88 Å². The van der Waals surface area contributed by atoms with E-state index in [2.05, 4.69) is 15.4 Å². The summed E-state index contributed by atoms with van der Waals surface area (Å²) in [5, 5.41) is 8.54. The molecular weight excluding hydrogens is 332 g/mol. The molecule has 130 valence electrons. The van der Waals surface area contributed by atoms with Gasteiger partial charge in [-0.25, -0.2) is 9.67 Å². The Morgan fingerprint density at radius 2 is 2.00 bits per heavy atom. The van der Waals surface area contributed by atoms with Crippen molar-refractivity contribution >= 4 is 17.2 Å². The molecule has 0 radical (unpaired) electrons. The van der Waals surface area contributed by atoms with Gasteiger partial charge in [-0.05, 0) is 39.3 Å². The van der Waals surface area contributed by atoms with Crippen molar-refractivity contribution in [2.75, 3.05) is 0 Å². The molecule has 3 rings (SSSR count). The highest BCUT2D eigenvalue weighted by molar-refractivity contribution is 7.13. The summed E-state index contributed by atoms with van der Waals surface area (Å²) in [6.45, 7) is 7.93. The molecule has 25 heavy (non-hydrogen) atoms. The number of nitrogens with one attached hydrogen (secondary N) is 1. The van der Waals surface area contributed by atoms with Gasteiger partial charge in [-0.15, -0.1) is 11.3 Å². The second-order valence-electron chi connectivity index (χ2n) is 6.00. The lowest BCUT2D eigenvalue weighted by atomic mass is 10.1. The van der Waals surface area contributed by atoms with Crippen molar-refractivity contribution in [2.24, 2.45) is 0 Å². The molecule has 0 saturated heterocycles. The number of hydrogen-bond acceptors (Lipinski definition) is 4. The maximum absolute atomic E-state index is 12.6. The third kappa shape index (κ3) is 3.49. The van der Waals surface area contributed by atoms with E-state index in [9.17, 15) is 4.79 Å². The number of aryl methyl sites for hydroxylation is 2. The van der Waals surface area contributed by atoms with Gasteiger partial charge in [0.25, 0.3) is 5.91 Å². The standard InChI is InChI=1S/C19H22N4OS/c1-5-17-21-13(3)18(25-17)19(24)22-12(2)16-11-20-23(14(16)4)15-9-7-6-8-10-15/h6-12H,5H2,1-4H3,(H,22,24). The van der Waals surface area contributed by atoms with Crippen LogP contribution in [-0.4, -0.2) is 20.7 Å². The first kappa shape index (κ1) is 17.4. The lowest BCUT2D eigenvalue weighted by Crippen LogP contribution is -2.26. The van der Waals surface area contributed by atoms with Crippen LogP contribution in [0.15, 0.2) is 36.5 Å². The van der Waals surface area contributed by atoms with Crippen LogP contribution < -0.4 is 5.32 Å². The van der Waals surface area contributed by atoms with Gasteiger partial charge in [-0.3, -0.25) is 4.79 Å². The van der Waals surface area contributed by atoms with Crippen molar-refractivity contribution < 1.29 is 4.79 Å². The predicted octanol–water partition coefficient (Wildman–Crippen LogP) is 4.00. The molecule has 1 aromatic carbocycles. The molecule has 0 bridgehead atoms. The van der Waals surface area contributed by atoms with E-state index in [1.807, 2.05) is 68.9 Å². The fourth-order valence-corrected chi connectivity index (χ4v) is 3.74. The summed E-state index contributed by atoms with van der Waals surface area (Å²) < 4.78 is 1.89. The Balaban J connectivity index is 1.80. The van der Waals surface area contributed by atoms with Gasteiger partial charge in [-0.2, -0.15) is 5.10 Å². The highest BCUT2D eigenvalue weighted by Crippen LogP contribution is 2.23. The van der Waals surface area contributed by atoms with Crippen LogP contribution in [0.2, 0.25) is 0 Å². The molecule has 3 aromatic rings. The van der Waals surface area contributed by atoms with Gasteiger partial charge < -0.3 is 5.32 Å². The molecule has 0 fully saturated rings. The van der Waals surface area contributed by atoms with E-state index in [4.69, 9.17) is 0 Å². The predicted molar refractivity (Wildman–Crippen MR) is 100 cm³/mol. The second kappa shape index (κ2) is 7.19. The Hall–Kier alpha value is -2.47. The van der Waals surface area contributed by atoms with Crippen molar-refractivity contribution in [1.82, 2.24) is 20.1 Å². The maximum Gasteiger partial charge on any atom is 0.263 e. The molecule has 2 heterocycles. The van der Waals surface area contributed by atoms with Gasteiger partial charge in [0.1, 0.15) is 4.88 Å². The average molecular weight is 354 g/mol. The van der Waals surface area contributed by atoms with E-state index in [1.54, 1.807) is 0 Å². The SMILES string of the molecule is CCc1nc(C)c(C(=O)NC(C)c2cnn(-c3ccccc3)c2C)s1. The van der Waals surface area contributed by atoms with Crippen molar-refractivity contribution in [1.29, 1.82) is 0 Å². The number of nitrogens with zero attached hydrogens (tertiary/aromatic N) is 3. The maximum atomic E-state index is 12.6. The monoisotopic (exact) mass is 354 g/mol. The molecule has 1 unspecified atom stereocenters. The summed E-state index contributed by atoms with van der Waals surface area (Å²) in [7, 11) is 0. The summed E-state index contributed by atoms with van der Waals surface area (Å²) in [5.74, 6) is -0.0749. The van der Waals surface area contributed by atoms with Gasteiger partial charge in [0.05, 0.1) is 28.6 Å². The minimum Gasteiger partial charge on any atom is -0.345 e. The van der Waals surface area contributed by atoms with E-state index in [0.717, 1.165) is 34.1 Å². The van der Waals surface area contributed by atoms with Gasteiger partial charge in [0, 0.05) is 11.3 Å². The van der Waals surface area contributed by atoms with Gasteiger partial charge in [0.2, 0.25) is 0 Å². The molecule has 2 aromatic heterocycles. The molecule has 5 nitrogen and oxygen atoms in total. The largest absolute Gasteiger partial charge is 0.345 e. The summed E-state index contributed by atoms with van der Waals surface area (Å²) >= 11 is 1.47. The van der Waals surface area contributed by atoms with Gasteiger partial charge in [0.15, 0.2) is 0 Å². The van der Waals surface area contributed by atoms with Crippen molar-refractivity contribution in [2.45, 2.75) is 40.2 Å². The Morgan fingerprint density at radius 3 is 2.64 bits per heavy atom. The van der Waals surface area contributed by atoms with Gasteiger partial charge in [-0.1, -0.05) is 25.1 Å². The van der Waals surface area contributed by atoms with Gasteiger partial charge >= 0.3 is 0 Å². The first-order valence-electron chi connectivity index (χ1n) is 8.38. The fourth-order valence-electron chi connectivity index (χ4n) is 2.83. The van der Waals surface area contributed by atoms with Crippen LogP contribution in [0.4, 0.5) is 0 Å². The van der Waals surface area contributed by atoms with E-state index < -0.39 is 0 Å². The highest BCUT2D eigenvalue weighted by atomic mass is 32.1. The molecule has 1 N–H and O–H groups in total. The molecule has 0 aliphatic carbocycles. The first-order valence-corrected chi connectivity index (χ1v) is 9.20. The average Bonchev–Trinajstić information content (AvgIpc) is 3.18. The summed E-state index contributed by atoms with van der Waals surface area (Å²) in [6.07, 6.45) is 2.67. The zero-order chi connectivity index (χ0) is 18.0. The smallest absolute Gasteiger partial charge is 0.263 e. The number of rotatable bonds is 5. The molecule has 6 heteroatoms. The summed E-state index contributed by atoms with van der Waals surface area (Å²) in [6, 6.07) is 9.85. The van der Waals surface area contributed by atoms with Crippen LogP contribution in [0.1, 0.15) is 51.5 Å². The van der Waals surface area contributed by atoms with Crippen molar-refractivity contribution in [3.05, 3.63) is 63.4 Å². The Bertz CT molecular complexity index is 882. The Morgan fingerprint density at radius 1 is 1.28 bits per heavy atom. The molecule has 0 spiro atoms. The van der Waals surface area contributed by atoms with E-state index in [1.165, 1.54) is 11.3 Å². The molecular formula is C19H22N4OS. The minimum absolute atomic E-state index is 0.0749. The van der Waals surface area contributed by atoms with Crippen LogP contribution in [0, 0.1) is 13.8 Å². The first-order chi connectivity index (χ1) is 12.0. The molecule has 1 atom stereocenters. The second-order valence-corrected chi connectivity index (χ2v) is 7.09. The lowest BCUT2D eigenvalue weighted by molar-refractivity contribution is 0.0943. The number of benzene rings is 1. The number of carbonyl (C=O) groups is 1. The Kier molecular flexibility index (Phi) is 4.99. The highest BCUT2D eigenvalue weighted by Gasteiger charge is 2.20. The number of hydrogen-bond donors (Lipinski definition) is 1. The fraction of sp³-hybridized carbons (Fsp3) is 0.316. The van der Waals surface area contributed by atoms with Crippen molar-refractivity contribution in [3.8, 4) is 5.69 Å². The number of thiazole rings is 1. The van der Waals surface area contributed by atoms with Crippen molar-refractivity contribution in [3.63, 3.8) is 0 Å². The lowest BCUT2D eigenvalue weighted by Gasteiger charge is -2.14. The molecule has 0 aliphatic heterocycles. The summed E-state index contributed by atoms with van der Waals surface area (Å²) in [4.78, 5) is 17.7. The normalized spacial score (nSPS) is 12.2. The molecule has 1 amide bonds. The zero-order valence-electron chi connectivity index (χ0n) is 14.9. The molecule has 0 saturated carbocycles. The van der Waals surface area contributed by atoms with Crippen LogP contribution in [0.25, 0.3) is 5.69 Å². The number of aromatic nitrogens is 3.